The standard InChI is InChI=1S/C8H20OSi2/c1-4-5-6-7(2)8(3)11-9-10/h4-6,11H2,1-3,10H3. The Morgan fingerprint density at radius 3 is 2.55 bits per heavy atom. The second-order valence-corrected chi connectivity index (χ2v) is 6.76. The Morgan fingerprint density at radius 1 is 1.45 bits per heavy atom. The first-order chi connectivity index (χ1) is 5.22. The minimum Gasteiger partial charge on any atom is -0.465 e. The Morgan fingerprint density at radius 2 is 2.09 bits per heavy atom. The minimum absolute atomic E-state index is 0.288. The molecule has 0 aromatic rings. The van der Waals surface area contributed by atoms with Crippen LogP contribution in [-0.2, 0) is 4.12 Å². The van der Waals surface area contributed by atoms with Gasteiger partial charge in [0.1, 0.15) is 10.5 Å². The van der Waals surface area contributed by atoms with Gasteiger partial charge in [0.25, 0.3) is 0 Å². The predicted octanol–water partition coefficient (Wildman–Crippen LogP) is 0.851. The highest BCUT2D eigenvalue weighted by atomic mass is 28.3. The normalized spacial score (nSPS) is 14.5. The van der Waals surface area contributed by atoms with Crippen LogP contribution >= 0.6 is 0 Å². The van der Waals surface area contributed by atoms with E-state index in [9.17, 15) is 0 Å². The van der Waals surface area contributed by atoms with Crippen molar-refractivity contribution in [2.45, 2.75) is 40.0 Å². The molecule has 0 spiro atoms. The van der Waals surface area contributed by atoms with Gasteiger partial charge in [0.15, 0.2) is 9.76 Å². The second kappa shape index (κ2) is 6.82. The summed E-state index contributed by atoms with van der Waals surface area (Å²) in [6.45, 7) is 6.72. The Balaban J connectivity index is 3.73. The van der Waals surface area contributed by atoms with Gasteiger partial charge in [-0.2, -0.15) is 0 Å². The lowest BCUT2D eigenvalue weighted by molar-refractivity contribution is 0.669. The number of rotatable bonds is 5. The molecule has 0 atom stereocenters. The number of allylic oxidation sites excluding steroid dienone is 2. The lowest BCUT2D eigenvalue weighted by Crippen LogP contribution is -1.99. The second-order valence-electron chi connectivity index (χ2n) is 3.10. The molecule has 11 heavy (non-hydrogen) atoms. The van der Waals surface area contributed by atoms with E-state index >= 15 is 0 Å². The van der Waals surface area contributed by atoms with Gasteiger partial charge >= 0.3 is 0 Å². The zero-order valence-electron chi connectivity index (χ0n) is 8.24. The van der Waals surface area contributed by atoms with Gasteiger partial charge in [0.2, 0.25) is 0 Å². The number of hydrogen-bond donors (Lipinski definition) is 0. The van der Waals surface area contributed by atoms with Crippen molar-refractivity contribution in [1.29, 1.82) is 0 Å². The molecule has 0 aliphatic carbocycles. The summed E-state index contributed by atoms with van der Waals surface area (Å²) in [6.07, 6.45) is 3.91. The molecule has 0 amide bonds. The minimum atomic E-state index is -0.288. The van der Waals surface area contributed by atoms with E-state index in [0.717, 1.165) is 10.5 Å². The van der Waals surface area contributed by atoms with Crippen molar-refractivity contribution in [3.63, 3.8) is 0 Å². The summed E-state index contributed by atoms with van der Waals surface area (Å²) in [4.78, 5) is 0. The smallest absolute Gasteiger partial charge is 0.173 e. The fraction of sp³-hybridized carbons (Fsp3) is 0.750. The van der Waals surface area contributed by atoms with E-state index in [1.165, 1.54) is 19.3 Å². The van der Waals surface area contributed by atoms with Crippen LogP contribution in [-0.4, -0.2) is 20.2 Å². The molecule has 3 heteroatoms. The van der Waals surface area contributed by atoms with Crippen molar-refractivity contribution in [2.24, 2.45) is 0 Å². The highest BCUT2D eigenvalue weighted by molar-refractivity contribution is 6.42. The summed E-state index contributed by atoms with van der Waals surface area (Å²) in [5, 5.41) is 1.56. The SMILES string of the molecule is CCCCC(C)=C(C)[SiH2]O[SiH3]. The van der Waals surface area contributed by atoms with Gasteiger partial charge in [-0.05, 0) is 26.7 Å². The van der Waals surface area contributed by atoms with E-state index in [0.29, 0.717) is 0 Å². The molecule has 0 saturated heterocycles. The largest absolute Gasteiger partial charge is 0.465 e. The summed E-state index contributed by atoms with van der Waals surface area (Å²) in [5.41, 5.74) is 1.58. The Bertz CT molecular complexity index is 132. The molecule has 0 bridgehead atoms. The van der Waals surface area contributed by atoms with E-state index in [1.54, 1.807) is 10.8 Å². The highest BCUT2D eigenvalue weighted by Gasteiger charge is 1.95. The van der Waals surface area contributed by atoms with E-state index in [2.05, 4.69) is 20.8 Å². The summed E-state index contributed by atoms with van der Waals surface area (Å²) < 4.78 is 5.32. The van der Waals surface area contributed by atoms with Crippen molar-refractivity contribution < 1.29 is 4.12 Å². The molecule has 0 heterocycles. The number of unbranched alkanes of at least 4 members (excludes halogenated alkanes) is 1. The third-order valence-corrected chi connectivity index (χ3v) is 4.19. The van der Waals surface area contributed by atoms with Crippen molar-refractivity contribution in [3.8, 4) is 0 Å². The van der Waals surface area contributed by atoms with Crippen molar-refractivity contribution in [2.75, 3.05) is 0 Å². The Labute approximate surface area is 75.7 Å². The molecule has 66 valence electrons. The molecule has 0 N–H and O–H groups in total. The van der Waals surface area contributed by atoms with Gasteiger partial charge in [-0.25, -0.2) is 0 Å². The third kappa shape index (κ3) is 5.41. The van der Waals surface area contributed by atoms with Crippen molar-refractivity contribution in [1.82, 2.24) is 0 Å². The van der Waals surface area contributed by atoms with Gasteiger partial charge in [0.05, 0.1) is 0 Å². The fourth-order valence-electron chi connectivity index (χ4n) is 0.995. The van der Waals surface area contributed by atoms with E-state index < -0.39 is 0 Å². The first-order valence-electron chi connectivity index (χ1n) is 4.36. The van der Waals surface area contributed by atoms with Crippen LogP contribution in [0, 0.1) is 0 Å². The van der Waals surface area contributed by atoms with Gasteiger partial charge in [-0.15, -0.1) is 0 Å². The summed E-state index contributed by atoms with van der Waals surface area (Å²) in [7, 11) is 0.627. The molecule has 0 aliphatic rings. The maximum absolute atomic E-state index is 5.32. The molecular formula is C8H20OSi2. The van der Waals surface area contributed by atoms with Crippen LogP contribution in [0.4, 0.5) is 0 Å². The highest BCUT2D eigenvalue weighted by Crippen LogP contribution is 2.10. The molecule has 0 aromatic carbocycles. The van der Waals surface area contributed by atoms with E-state index in [4.69, 9.17) is 4.12 Å². The fourth-order valence-corrected chi connectivity index (χ4v) is 3.15. The molecule has 0 saturated carbocycles. The maximum atomic E-state index is 5.32. The summed E-state index contributed by atoms with van der Waals surface area (Å²) >= 11 is 0. The number of hydrogen-bond acceptors (Lipinski definition) is 1. The van der Waals surface area contributed by atoms with Gasteiger partial charge < -0.3 is 4.12 Å². The first kappa shape index (κ1) is 11.1. The molecule has 0 aliphatic heterocycles. The van der Waals surface area contributed by atoms with Crippen molar-refractivity contribution in [3.05, 3.63) is 10.8 Å². The van der Waals surface area contributed by atoms with E-state index in [-0.39, 0.29) is 9.76 Å². The van der Waals surface area contributed by atoms with Crippen LogP contribution < -0.4 is 0 Å². The van der Waals surface area contributed by atoms with Crippen LogP contribution in [0.1, 0.15) is 40.0 Å². The molecule has 0 rings (SSSR count). The molecule has 0 unspecified atom stereocenters. The lowest BCUT2D eigenvalue weighted by Gasteiger charge is -2.05. The van der Waals surface area contributed by atoms with Crippen LogP contribution in [0.5, 0.6) is 0 Å². The average Bonchev–Trinajstić information content (AvgIpc) is 2.00. The predicted molar refractivity (Wildman–Crippen MR) is 57.5 cm³/mol. The van der Waals surface area contributed by atoms with Crippen LogP contribution in [0.3, 0.4) is 0 Å². The quantitative estimate of drug-likeness (QED) is 0.581. The monoisotopic (exact) mass is 188 g/mol. The first-order valence-corrected chi connectivity index (χ1v) is 6.46. The van der Waals surface area contributed by atoms with Crippen molar-refractivity contribution >= 4 is 20.2 Å². The van der Waals surface area contributed by atoms with Crippen LogP contribution in [0.2, 0.25) is 0 Å². The summed E-state index contributed by atoms with van der Waals surface area (Å²) in [5.74, 6) is 0. The van der Waals surface area contributed by atoms with Crippen LogP contribution in [0.15, 0.2) is 10.8 Å². The van der Waals surface area contributed by atoms with Crippen LogP contribution in [0.25, 0.3) is 0 Å². The van der Waals surface area contributed by atoms with Gasteiger partial charge in [-0.3, -0.25) is 0 Å². The van der Waals surface area contributed by atoms with Gasteiger partial charge in [-0.1, -0.05) is 24.1 Å². The lowest BCUT2D eigenvalue weighted by atomic mass is 10.1. The molecular weight excluding hydrogens is 168 g/mol. The Kier molecular flexibility index (Phi) is 6.90. The molecule has 0 fully saturated rings. The molecule has 0 radical (unpaired) electrons. The zero-order valence-corrected chi connectivity index (χ0v) is 11.7. The molecule has 0 aromatic heterocycles. The topological polar surface area (TPSA) is 9.23 Å². The maximum Gasteiger partial charge on any atom is 0.173 e. The third-order valence-electron chi connectivity index (χ3n) is 1.99. The van der Waals surface area contributed by atoms with Gasteiger partial charge in [0, 0.05) is 0 Å². The zero-order chi connectivity index (χ0) is 8.69. The van der Waals surface area contributed by atoms with E-state index in [1.807, 2.05) is 0 Å². The average molecular weight is 188 g/mol. The molecule has 1 nitrogen and oxygen atoms in total. The summed E-state index contributed by atoms with van der Waals surface area (Å²) in [6, 6.07) is 0. The Hall–Kier alpha value is 0.134.